The van der Waals surface area contributed by atoms with Gasteiger partial charge in [-0.25, -0.2) is 0 Å². The highest BCUT2D eigenvalue weighted by atomic mass is 19.4. The second-order valence-electron chi connectivity index (χ2n) is 5.04. The number of hydrogen-bond donors (Lipinski definition) is 1. The lowest BCUT2D eigenvalue weighted by Gasteiger charge is -2.16. The summed E-state index contributed by atoms with van der Waals surface area (Å²) in [7, 11) is 0. The molecule has 1 heterocycles. The molecule has 0 saturated carbocycles. The zero-order valence-corrected chi connectivity index (χ0v) is 11.6. The van der Waals surface area contributed by atoms with E-state index in [0.717, 1.165) is 12.1 Å². The number of benzene rings is 1. The number of likely N-dealkylation sites (tertiary alicyclic amines) is 1. The monoisotopic (exact) mass is 316 g/mol. The molecule has 2 N–H and O–H groups in total. The van der Waals surface area contributed by atoms with Crippen molar-refractivity contribution in [2.45, 2.75) is 12.6 Å². The summed E-state index contributed by atoms with van der Waals surface area (Å²) in [6.07, 6.45) is -3.97. The van der Waals surface area contributed by atoms with E-state index in [0.29, 0.717) is 13.0 Å². The molecule has 0 aromatic heterocycles. The first-order chi connectivity index (χ1) is 10.3. The second kappa shape index (κ2) is 6.25. The molecular formula is C14H15F3N2O3. The number of nitrogens with two attached hydrogens (primary N) is 1. The third kappa shape index (κ3) is 3.90. The molecule has 1 aliphatic heterocycles. The van der Waals surface area contributed by atoms with Crippen molar-refractivity contribution < 1.29 is 27.5 Å². The molecule has 120 valence electrons. The summed E-state index contributed by atoms with van der Waals surface area (Å²) in [6, 6.07) is 4.32. The molecule has 1 aromatic carbocycles. The van der Waals surface area contributed by atoms with Gasteiger partial charge in [0.25, 0.3) is 5.91 Å². The molecule has 8 heteroatoms. The fourth-order valence-corrected chi connectivity index (χ4v) is 2.22. The Bertz CT molecular complexity index is 575. The summed E-state index contributed by atoms with van der Waals surface area (Å²) >= 11 is 0. The molecule has 1 aromatic rings. The molecule has 1 unspecified atom stereocenters. The number of amides is 2. The Morgan fingerprint density at radius 2 is 2.09 bits per heavy atom. The van der Waals surface area contributed by atoms with Gasteiger partial charge in [-0.15, -0.1) is 0 Å². The Hall–Kier alpha value is -2.25. The summed E-state index contributed by atoms with van der Waals surface area (Å²) in [5, 5.41) is 0. The fraction of sp³-hybridized carbons (Fsp3) is 0.429. The zero-order valence-electron chi connectivity index (χ0n) is 11.6. The van der Waals surface area contributed by atoms with Crippen LogP contribution in [0.5, 0.6) is 5.75 Å². The average molecular weight is 316 g/mol. The Morgan fingerprint density at radius 3 is 2.68 bits per heavy atom. The number of rotatable bonds is 4. The molecule has 5 nitrogen and oxygen atoms in total. The lowest BCUT2D eigenvalue weighted by Crippen LogP contribution is -2.34. The first-order valence-electron chi connectivity index (χ1n) is 6.64. The topological polar surface area (TPSA) is 72.6 Å². The van der Waals surface area contributed by atoms with Crippen LogP contribution in [0.25, 0.3) is 0 Å². The van der Waals surface area contributed by atoms with Gasteiger partial charge in [-0.3, -0.25) is 9.59 Å². The molecular weight excluding hydrogens is 301 g/mol. The SMILES string of the molecule is NC(=O)C1CCN(C(=O)COc2cccc(C(F)(F)F)c2)C1. The van der Waals surface area contributed by atoms with Crippen molar-refractivity contribution in [3.8, 4) is 5.75 Å². The Kier molecular flexibility index (Phi) is 4.58. The van der Waals surface area contributed by atoms with Crippen LogP contribution in [-0.2, 0) is 15.8 Å². The van der Waals surface area contributed by atoms with Crippen LogP contribution >= 0.6 is 0 Å². The van der Waals surface area contributed by atoms with E-state index in [2.05, 4.69) is 0 Å². The molecule has 1 atom stereocenters. The fourth-order valence-electron chi connectivity index (χ4n) is 2.22. The second-order valence-corrected chi connectivity index (χ2v) is 5.04. The van der Waals surface area contributed by atoms with Crippen LogP contribution in [0.3, 0.4) is 0 Å². The van der Waals surface area contributed by atoms with Crippen LogP contribution in [0.1, 0.15) is 12.0 Å². The van der Waals surface area contributed by atoms with E-state index in [1.54, 1.807) is 0 Å². The maximum atomic E-state index is 12.6. The number of ether oxygens (including phenoxy) is 1. The largest absolute Gasteiger partial charge is 0.484 e. The van der Waals surface area contributed by atoms with E-state index >= 15 is 0 Å². The number of hydrogen-bond acceptors (Lipinski definition) is 3. The number of nitrogens with zero attached hydrogens (tertiary/aromatic N) is 1. The predicted molar refractivity (Wildman–Crippen MR) is 70.8 cm³/mol. The highest BCUT2D eigenvalue weighted by Gasteiger charge is 2.31. The molecule has 22 heavy (non-hydrogen) atoms. The van der Waals surface area contributed by atoms with Gasteiger partial charge in [-0.2, -0.15) is 13.2 Å². The molecule has 0 spiro atoms. The maximum Gasteiger partial charge on any atom is 0.416 e. The van der Waals surface area contributed by atoms with Gasteiger partial charge in [0.15, 0.2) is 6.61 Å². The molecule has 2 amide bonds. The van der Waals surface area contributed by atoms with Gasteiger partial charge in [0, 0.05) is 13.1 Å². The highest BCUT2D eigenvalue weighted by molar-refractivity contribution is 5.81. The normalized spacial score (nSPS) is 18.3. The third-order valence-electron chi connectivity index (χ3n) is 3.47. The highest BCUT2D eigenvalue weighted by Crippen LogP contribution is 2.31. The minimum atomic E-state index is -4.47. The van der Waals surface area contributed by atoms with E-state index in [9.17, 15) is 22.8 Å². The Balaban J connectivity index is 1.91. The average Bonchev–Trinajstić information content (AvgIpc) is 2.94. The van der Waals surface area contributed by atoms with Crippen LogP contribution in [0, 0.1) is 5.92 Å². The summed E-state index contributed by atoms with van der Waals surface area (Å²) in [4.78, 5) is 24.3. The smallest absolute Gasteiger partial charge is 0.416 e. The van der Waals surface area contributed by atoms with Crippen LogP contribution in [0.15, 0.2) is 24.3 Å². The summed E-state index contributed by atoms with van der Waals surface area (Å²) in [5.41, 5.74) is 4.33. The first-order valence-corrected chi connectivity index (χ1v) is 6.64. The van der Waals surface area contributed by atoms with Crippen molar-refractivity contribution in [1.29, 1.82) is 0 Å². The number of halogens is 3. The van der Waals surface area contributed by atoms with Crippen LogP contribution < -0.4 is 10.5 Å². The molecule has 2 rings (SSSR count). The van der Waals surface area contributed by atoms with E-state index < -0.39 is 17.6 Å². The van der Waals surface area contributed by atoms with Gasteiger partial charge < -0.3 is 15.4 Å². The molecule has 0 aliphatic carbocycles. The summed E-state index contributed by atoms with van der Waals surface area (Å²) in [6.45, 7) is 0.227. The van der Waals surface area contributed by atoms with Gasteiger partial charge in [-0.05, 0) is 24.6 Å². The van der Waals surface area contributed by atoms with Gasteiger partial charge in [-0.1, -0.05) is 6.07 Å². The van der Waals surface area contributed by atoms with Gasteiger partial charge >= 0.3 is 6.18 Å². The molecule has 1 saturated heterocycles. The minimum Gasteiger partial charge on any atom is -0.484 e. The van der Waals surface area contributed by atoms with Crippen molar-refractivity contribution in [1.82, 2.24) is 4.90 Å². The number of carbonyl (C=O) groups is 2. The van der Waals surface area contributed by atoms with Crippen LogP contribution in [0.4, 0.5) is 13.2 Å². The van der Waals surface area contributed by atoms with Gasteiger partial charge in [0.1, 0.15) is 5.75 Å². The zero-order chi connectivity index (χ0) is 16.3. The van der Waals surface area contributed by atoms with Crippen molar-refractivity contribution in [2.75, 3.05) is 19.7 Å². The predicted octanol–water partition coefficient (Wildman–Crippen LogP) is 1.42. The van der Waals surface area contributed by atoms with E-state index in [1.165, 1.54) is 17.0 Å². The molecule has 1 aliphatic rings. The maximum absolute atomic E-state index is 12.6. The van der Waals surface area contributed by atoms with Crippen molar-refractivity contribution in [3.05, 3.63) is 29.8 Å². The molecule has 1 fully saturated rings. The minimum absolute atomic E-state index is 0.0335. The third-order valence-corrected chi connectivity index (χ3v) is 3.47. The van der Waals surface area contributed by atoms with Crippen molar-refractivity contribution >= 4 is 11.8 Å². The van der Waals surface area contributed by atoms with E-state index in [-0.39, 0.29) is 30.7 Å². The molecule has 0 radical (unpaired) electrons. The van der Waals surface area contributed by atoms with E-state index in [1.807, 2.05) is 0 Å². The number of carbonyl (C=O) groups excluding carboxylic acids is 2. The number of alkyl halides is 3. The van der Waals surface area contributed by atoms with Crippen molar-refractivity contribution in [2.24, 2.45) is 11.7 Å². The van der Waals surface area contributed by atoms with Crippen molar-refractivity contribution in [3.63, 3.8) is 0 Å². The lowest BCUT2D eigenvalue weighted by molar-refractivity contribution is -0.137. The first kappa shape index (κ1) is 16.1. The van der Waals surface area contributed by atoms with Gasteiger partial charge in [0.2, 0.25) is 5.91 Å². The number of primary amides is 1. The van der Waals surface area contributed by atoms with Gasteiger partial charge in [0.05, 0.1) is 11.5 Å². The Labute approximate surface area is 124 Å². The summed E-state index contributed by atoms with van der Waals surface area (Å²) < 4.78 is 42.8. The van der Waals surface area contributed by atoms with E-state index in [4.69, 9.17) is 10.5 Å². The quantitative estimate of drug-likeness (QED) is 0.913. The Morgan fingerprint density at radius 1 is 1.36 bits per heavy atom. The standard InChI is InChI=1S/C14H15F3N2O3/c15-14(16,17)10-2-1-3-11(6-10)22-8-12(20)19-5-4-9(7-19)13(18)21/h1-3,6,9H,4-5,7-8H2,(H2,18,21). The lowest BCUT2D eigenvalue weighted by atomic mass is 10.1. The van der Waals surface area contributed by atoms with Crippen LogP contribution in [0.2, 0.25) is 0 Å². The van der Waals surface area contributed by atoms with Crippen LogP contribution in [-0.4, -0.2) is 36.4 Å². The summed E-state index contributed by atoms with van der Waals surface area (Å²) in [5.74, 6) is -1.26. The molecule has 0 bridgehead atoms.